The van der Waals surface area contributed by atoms with Gasteiger partial charge in [-0.2, -0.15) is 0 Å². The second-order valence-corrected chi connectivity index (χ2v) is 151. The Morgan fingerprint density at radius 3 is 0.576 bits per heavy atom. The Morgan fingerprint density at radius 2 is 0.424 bits per heavy atom. The highest BCUT2D eigenvalue weighted by Gasteiger charge is 2.77. The molecule has 1 N–H and O–H groups in total. The van der Waals surface area contributed by atoms with E-state index in [9.17, 15) is 0 Å². The predicted molar refractivity (Wildman–Crippen MR) is 189 cm³/mol. The molecule has 0 aromatic heterocycles. The van der Waals surface area contributed by atoms with E-state index in [2.05, 4.69) is 131 Å². The summed E-state index contributed by atoms with van der Waals surface area (Å²) in [5.41, 5.74) is 0. The number of hydrogen-bond donors (Lipinski definition) is 1. The van der Waals surface area contributed by atoms with E-state index in [-0.39, 0.29) is 0 Å². The molecule has 0 aromatic rings. The van der Waals surface area contributed by atoms with E-state index in [4.69, 9.17) is 4.65 Å². The van der Waals surface area contributed by atoms with E-state index in [1.165, 1.54) is 0 Å². The van der Waals surface area contributed by atoms with Crippen LogP contribution in [-0.4, -0.2) is 87.1 Å². The summed E-state index contributed by atoms with van der Waals surface area (Å²) in [6.07, 6.45) is 0. The van der Waals surface area contributed by atoms with Crippen LogP contribution in [0, 0.1) is 0 Å². The summed E-state index contributed by atoms with van der Waals surface area (Å²) in [4.78, 5) is 0. The lowest BCUT2D eigenvalue weighted by Gasteiger charge is -2.72. The molecule has 2 saturated heterocycles. The molecule has 33 heavy (non-hydrogen) atoms. The van der Waals surface area contributed by atoms with E-state index in [0.717, 1.165) is 0 Å². The normalized spacial score (nSPS) is 34.5. The third-order valence-corrected chi connectivity index (χ3v) is 290. The molecule has 194 valence electrons. The van der Waals surface area contributed by atoms with E-state index in [1.807, 2.05) is 0 Å². The first-order chi connectivity index (χ1) is 14.0. The molecule has 0 saturated carbocycles. The quantitative estimate of drug-likeness (QED) is 0.331. The zero-order valence-electron chi connectivity index (χ0n) is 26.5. The van der Waals surface area contributed by atoms with Gasteiger partial charge in [0.25, 0.3) is 0 Å². The lowest BCUT2D eigenvalue weighted by molar-refractivity contribution is 1.54. The molecule has 2 radical (unpaired) electrons. The average molecular weight is 653 g/mol. The molecule has 0 spiro atoms. The lowest BCUT2D eigenvalue weighted by Crippen LogP contribution is -3.04. The van der Waals surface area contributed by atoms with Gasteiger partial charge in [0.15, 0.2) is 0 Å². The molecule has 2 aliphatic rings. The Bertz CT molecular complexity index is 684. The van der Waals surface area contributed by atoms with Gasteiger partial charge in [-0.3, -0.25) is 0 Å². The van der Waals surface area contributed by atoms with Gasteiger partial charge >= 0.3 is 0 Å². The highest BCUT2D eigenvalue weighted by Crippen LogP contribution is 2.49. The number of hydrogen-bond acceptors (Lipinski definition) is 1. The van der Waals surface area contributed by atoms with E-state index >= 15 is 0 Å². The maximum absolute atomic E-state index is 5.15. The Hall–Kier alpha value is 2.56. The summed E-state index contributed by atoms with van der Waals surface area (Å²) >= 11 is 0. The van der Waals surface area contributed by atoms with Crippen LogP contribution in [0.3, 0.4) is 0 Å². The minimum Gasteiger partial charge on any atom is -0.370 e. The second-order valence-electron chi connectivity index (χ2n) is 17.1. The molecule has 0 aromatic carbocycles. The van der Waals surface area contributed by atoms with Gasteiger partial charge in [0.2, 0.25) is 0 Å². The average Bonchev–Trinajstić information content (AvgIpc) is 2.58. The molecule has 0 bridgehead atoms. The highest BCUT2D eigenvalue weighted by molar-refractivity contribution is 8.13. The van der Waals surface area contributed by atoms with Crippen LogP contribution in [-0.2, 0) is 0 Å². The maximum atomic E-state index is 5.15. The first-order valence-corrected chi connectivity index (χ1v) is 58.5. The molecule has 0 atom stereocenters. The van der Waals surface area contributed by atoms with Crippen molar-refractivity contribution in [1.82, 2.24) is 4.65 Å². The SMILES string of the molecule is C[Si]1(C)[Si](N[Si]2[Si](C)(C)[Si](C)(C)[Si](C)(C)[Si](C)(C)[Si]2(C)C)[Si](C)(C)[Si](C)(C)[Si](C)(C)[Si]1(C)C. The molecule has 1 nitrogen and oxygen atoms in total. The molecule has 2 fully saturated rings. The number of nitrogens with one attached hydrogen (secondary N) is 1. The van der Waals surface area contributed by atoms with Crippen molar-refractivity contribution < 1.29 is 0 Å². The molecule has 2 rings (SSSR count). The van der Waals surface area contributed by atoms with Crippen LogP contribution >= 0.6 is 0 Å². The third-order valence-electron chi connectivity index (χ3n) is 15.2. The van der Waals surface area contributed by atoms with Crippen LogP contribution in [0.25, 0.3) is 0 Å². The first kappa shape index (κ1) is 31.8. The van der Waals surface area contributed by atoms with E-state index < -0.39 is 87.1 Å². The topological polar surface area (TPSA) is 12.0 Å². The largest absolute Gasteiger partial charge is 0.370 e. The summed E-state index contributed by atoms with van der Waals surface area (Å²) in [6, 6.07) is 0. The van der Waals surface area contributed by atoms with Gasteiger partial charge in [0, 0.05) is 71.1 Å². The highest BCUT2D eigenvalue weighted by atomic mass is 30.2. The van der Waals surface area contributed by atoms with Gasteiger partial charge in [0.05, 0.1) is 16.0 Å². The molecule has 0 amide bonds. The van der Waals surface area contributed by atoms with Crippen molar-refractivity contribution in [3.05, 3.63) is 0 Å². The molecule has 0 unspecified atom stereocenters. The van der Waals surface area contributed by atoms with Gasteiger partial charge in [-0.1, -0.05) is 131 Å². The summed E-state index contributed by atoms with van der Waals surface area (Å²) in [7, 11) is -12.7. The van der Waals surface area contributed by atoms with E-state index in [1.54, 1.807) is 0 Å². The summed E-state index contributed by atoms with van der Waals surface area (Å²) in [5, 5.41) is 0. The lowest BCUT2D eigenvalue weighted by atomic mass is 11.9. The molecule has 13 heteroatoms. The molecule has 2 aliphatic heterocycles. The Balaban J connectivity index is 2.81. The zero-order valence-corrected chi connectivity index (χ0v) is 38.5. The van der Waals surface area contributed by atoms with Crippen molar-refractivity contribution in [2.24, 2.45) is 0 Å². The first-order valence-electron chi connectivity index (χ1n) is 13.5. The monoisotopic (exact) mass is 651 g/mol. The van der Waals surface area contributed by atoms with Crippen LogP contribution in [0.15, 0.2) is 0 Å². The fourth-order valence-corrected chi connectivity index (χ4v) is 459. The van der Waals surface area contributed by atoms with Gasteiger partial charge < -0.3 is 4.65 Å². The summed E-state index contributed by atoms with van der Waals surface area (Å²) in [5.74, 6) is 0. The van der Waals surface area contributed by atoms with E-state index in [0.29, 0.717) is 0 Å². The molecular weight excluding hydrogens is 591 g/mol. The van der Waals surface area contributed by atoms with Crippen molar-refractivity contribution in [3.63, 3.8) is 0 Å². The predicted octanol–water partition coefficient (Wildman–Crippen LogP) is 6.61. The fraction of sp³-hybridized carbons (Fsp3) is 1.00. The standard InChI is InChI=1S/C20H61NSi12/c1-24(2)22(25(3,4)29(11,12)32(17,18)28(24,9)10)21-23-26(5,6)30(13,14)33(19,20)31(15,16)27(23,7)8/h21H,1-20H3. The Kier molecular flexibility index (Phi) is 7.75. The van der Waals surface area contributed by atoms with Gasteiger partial charge in [0.1, 0.15) is 0 Å². The molecule has 2 heterocycles. The van der Waals surface area contributed by atoms with Gasteiger partial charge in [-0.15, -0.1) is 0 Å². The van der Waals surface area contributed by atoms with Crippen molar-refractivity contribution in [2.45, 2.75) is 131 Å². The van der Waals surface area contributed by atoms with Gasteiger partial charge in [-0.25, -0.2) is 0 Å². The van der Waals surface area contributed by atoms with Crippen LogP contribution in [0.4, 0.5) is 0 Å². The van der Waals surface area contributed by atoms with Crippen molar-refractivity contribution >= 4 is 87.1 Å². The fourth-order valence-electron chi connectivity index (χ4n) is 8.25. The van der Waals surface area contributed by atoms with Crippen LogP contribution < -0.4 is 4.65 Å². The van der Waals surface area contributed by atoms with Crippen LogP contribution in [0.2, 0.25) is 131 Å². The smallest absolute Gasteiger partial charge is 0.0966 e. The van der Waals surface area contributed by atoms with Crippen LogP contribution in [0.5, 0.6) is 0 Å². The van der Waals surface area contributed by atoms with Crippen LogP contribution in [0.1, 0.15) is 0 Å². The number of rotatable bonds is 2. The minimum absolute atomic E-state index is 0.399. The minimum atomic E-state index is -1.24. The second kappa shape index (κ2) is 8.05. The summed E-state index contributed by atoms with van der Waals surface area (Å²) in [6.45, 7) is 58.9. The summed E-state index contributed by atoms with van der Waals surface area (Å²) < 4.78 is 5.15. The van der Waals surface area contributed by atoms with Crippen molar-refractivity contribution in [1.29, 1.82) is 0 Å². The molecular formula is C20H61NSi12. The zero-order chi connectivity index (χ0) is 26.9. The van der Waals surface area contributed by atoms with Crippen molar-refractivity contribution in [2.75, 3.05) is 0 Å². The van der Waals surface area contributed by atoms with Gasteiger partial charge in [-0.05, 0) is 0 Å². The Morgan fingerprint density at radius 1 is 0.273 bits per heavy atom. The Labute approximate surface area is 221 Å². The maximum Gasteiger partial charge on any atom is 0.0966 e. The van der Waals surface area contributed by atoms with Crippen molar-refractivity contribution in [3.8, 4) is 0 Å². The third kappa shape index (κ3) is 3.48. The molecule has 0 aliphatic carbocycles.